The van der Waals surface area contributed by atoms with Crippen LogP contribution in [0.3, 0.4) is 0 Å². The predicted molar refractivity (Wildman–Crippen MR) is 36.1 cm³/mol. The van der Waals surface area contributed by atoms with Crippen molar-refractivity contribution in [3.63, 3.8) is 0 Å². The third kappa shape index (κ3) is 5.77. The molecule has 0 bridgehead atoms. The van der Waals surface area contributed by atoms with E-state index >= 15 is 0 Å². The Kier molecular flexibility index (Phi) is 3.12. The molecule has 0 aliphatic rings. The van der Waals surface area contributed by atoms with Gasteiger partial charge in [0, 0.05) is 5.82 Å². The van der Waals surface area contributed by atoms with E-state index in [0.717, 1.165) is 11.4 Å². The molecule has 54 valence electrons. The van der Waals surface area contributed by atoms with E-state index in [9.17, 15) is 4.57 Å². The first-order valence-electron chi connectivity index (χ1n) is 2.69. The molecular formula is C5H11O3P. The summed E-state index contributed by atoms with van der Waals surface area (Å²) < 4.78 is 10.2. The van der Waals surface area contributed by atoms with Crippen LogP contribution in [-0.2, 0) is 4.57 Å². The molecule has 0 aromatic heterocycles. The van der Waals surface area contributed by atoms with Crippen molar-refractivity contribution in [2.24, 2.45) is 0 Å². The standard InChI is InChI=1S/C5H11O3P/c1-3-5(2)4-9(6,7)8/h4H,3H2,1-2H3,(H2,6,7,8). The Bertz CT molecular complexity index is 156. The van der Waals surface area contributed by atoms with Gasteiger partial charge < -0.3 is 9.79 Å². The summed E-state index contributed by atoms with van der Waals surface area (Å²) in [4.78, 5) is 16.7. The molecule has 0 aromatic rings. The van der Waals surface area contributed by atoms with Gasteiger partial charge in [-0.2, -0.15) is 0 Å². The maximum absolute atomic E-state index is 10.2. The van der Waals surface area contributed by atoms with Crippen molar-refractivity contribution < 1.29 is 14.4 Å². The summed E-state index contributed by atoms with van der Waals surface area (Å²) in [6, 6.07) is 0. The summed E-state index contributed by atoms with van der Waals surface area (Å²) in [6.45, 7) is 3.54. The van der Waals surface area contributed by atoms with Gasteiger partial charge in [-0.05, 0) is 13.3 Å². The maximum atomic E-state index is 10.2. The Morgan fingerprint density at radius 1 is 1.67 bits per heavy atom. The normalized spacial score (nSPS) is 14.0. The topological polar surface area (TPSA) is 57.5 Å². The van der Waals surface area contributed by atoms with E-state index in [1.165, 1.54) is 0 Å². The smallest absolute Gasteiger partial charge is 0.321 e. The Morgan fingerprint density at radius 2 is 2.11 bits per heavy atom. The van der Waals surface area contributed by atoms with Gasteiger partial charge in [0.2, 0.25) is 0 Å². The molecule has 0 aliphatic carbocycles. The zero-order valence-electron chi connectivity index (χ0n) is 5.53. The van der Waals surface area contributed by atoms with E-state index in [2.05, 4.69) is 0 Å². The minimum absolute atomic E-state index is 0.686. The van der Waals surface area contributed by atoms with E-state index in [4.69, 9.17) is 9.79 Å². The lowest BCUT2D eigenvalue weighted by atomic mass is 10.3. The van der Waals surface area contributed by atoms with Gasteiger partial charge >= 0.3 is 7.60 Å². The SMILES string of the molecule is CCC(C)=CP(=O)(O)O. The Hall–Kier alpha value is -0.110. The monoisotopic (exact) mass is 150 g/mol. The zero-order valence-corrected chi connectivity index (χ0v) is 6.43. The molecule has 0 rings (SSSR count). The first-order chi connectivity index (χ1) is 3.95. The molecule has 0 radical (unpaired) electrons. The maximum Gasteiger partial charge on any atom is 0.349 e. The Morgan fingerprint density at radius 3 is 2.22 bits per heavy atom. The largest absolute Gasteiger partial charge is 0.349 e. The van der Waals surface area contributed by atoms with Gasteiger partial charge in [0.25, 0.3) is 0 Å². The van der Waals surface area contributed by atoms with Gasteiger partial charge in [-0.15, -0.1) is 0 Å². The van der Waals surface area contributed by atoms with Crippen LogP contribution in [0.25, 0.3) is 0 Å². The van der Waals surface area contributed by atoms with Crippen LogP contribution in [0.15, 0.2) is 11.4 Å². The molecule has 3 nitrogen and oxygen atoms in total. The Balaban J connectivity index is 4.13. The second kappa shape index (κ2) is 3.16. The molecular weight excluding hydrogens is 139 g/mol. The molecule has 0 unspecified atom stereocenters. The highest BCUT2D eigenvalue weighted by Gasteiger charge is 2.06. The van der Waals surface area contributed by atoms with Crippen LogP contribution in [0, 0.1) is 0 Å². The third-order valence-electron chi connectivity index (χ3n) is 0.946. The van der Waals surface area contributed by atoms with Crippen LogP contribution in [0.4, 0.5) is 0 Å². The fourth-order valence-electron chi connectivity index (χ4n) is 0.378. The molecule has 0 aromatic carbocycles. The van der Waals surface area contributed by atoms with Crippen molar-refractivity contribution in [1.29, 1.82) is 0 Å². The molecule has 0 saturated carbocycles. The van der Waals surface area contributed by atoms with Crippen molar-refractivity contribution in [3.8, 4) is 0 Å². The van der Waals surface area contributed by atoms with Crippen LogP contribution in [-0.4, -0.2) is 9.79 Å². The van der Waals surface area contributed by atoms with Crippen molar-refractivity contribution in [2.75, 3.05) is 0 Å². The van der Waals surface area contributed by atoms with E-state index in [-0.39, 0.29) is 0 Å². The van der Waals surface area contributed by atoms with E-state index < -0.39 is 7.60 Å². The van der Waals surface area contributed by atoms with E-state index in [0.29, 0.717) is 6.42 Å². The van der Waals surface area contributed by atoms with Crippen LogP contribution in [0.1, 0.15) is 20.3 Å². The van der Waals surface area contributed by atoms with E-state index in [1.807, 2.05) is 6.92 Å². The molecule has 9 heavy (non-hydrogen) atoms. The van der Waals surface area contributed by atoms with Crippen LogP contribution >= 0.6 is 7.60 Å². The molecule has 4 heteroatoms. The summed E-state index contributed by atoms with van der Waals surface area (Å²) in [5.74, 6) is 0.993. The molecule has 0 fully saturated rings. The fourth-order valence-corrected chi connectivity index (χ4v) is 1.14. The van der Waals surface area contributed by atoms with Gasteiger partial charge in [-0.25, -0.2) is 0 Å². The number of rotatable bonds is 2. The minimum atomic E-state index is -3.90. The van der Waals surface area contributed by atoms with Crippen molar-refractivity contribution in [2.45, 2.75) is 20.3 Å². The number of hydrogen-bond acceptors (Lipinski definition) is 1. The molecule has 0 aliphatic heterocycles. The second-order valence-electron chi connectivity index (χ2n) is 1.92. The van der Waals surface area contributed by atoms with Crippen molar-refractivity contribution >= 4 is 7.60 Å². The van der Waals surface area contributed by atoms with Gasteiger partial charge in [0.15, 0.2) is 0 Å². The van der Waals surface area contributed by atoms with E-state index in [1.54, 1.807) is 6.92 Å². The van der Waals surface area contributed by atoms with Crippen molar-refractivity contribution in [3.05, 3.63) is 11.4 Å². The third-order valence-corrected chi connectivity index (χ3v) is 1.72. The average Bonchev–Trinajstić information content (AvgIpc) is 1.62. The highest BCUT2D eigenvalue weighted by Crippen LogP contribution is 2.37. The van der Waals surface area contributed by atoms with Crippen LogP contribution in [0.2, 0.25) is 0 Å². The highest BCUT2D eigenvalue weighted by molar-refractivity contribution is 7.55. The first-order valence-corrected chi connectivity index (χ1v) is 4.37. The summed E-state index contributed by atoms with van der Waals surface area (Å²) in [5, 5.41) is 0. The molecule has 0 saturated heterocycles. The van der Waals surface area contributed by atoms with Gasteiger partial charge in [0.05, 0.1) is 0 Å². The lowest BCUT2D eigenvalue weighted by molar-refractivity contribution is 0.385. The summed E-state index contributed by atoms with van der Waals surface area (Å²) in [6.07, 6.45) is 0.686. The molecule has 0 atom stereocenters. The van der Waals surface area contributed by atoms with Crippen molar-refractivity contribution in [1.82, 2.24) is 0 Å². The lowest BCUT2D eigenvalue weighted by Crippen LogP contribution is -1.74. The molecule has 0 spiro atoms. The highest BCUT2D eigenvalue weighted by atomic mass is 31.2. The summed E-state index contributed by atoms with van der Waals surface area (Å²) in [5.41, 5.74) is 0.725. The quantitative estimate of drug-likeness (QED) is 0.586. The number of hydrogen-bond donors (Lipinski definition) is 2. The van der Waals surface area contributed by atoms with Crippen LogP contribution < -0.4 is 0 Å². The number of allylic oxidation sites excluding steroid dienone is 1. The minimum Gasteiger partial charge on any atom is -0.321 e. The van der Waals surface area contributed by atoms with Gasteiger partial charge in [0.1, 0.15) is 0 Å². The fraction of sp³-hybridized carbons (Fsp3) is 0.600. The summed E-state index contributed by atoms with van der Waals surface area (Å²) >= 11 is 0. The first kappa shape index (κ1) is 8.89. The van der Waals surface area contributed by atoms with Gasteiger partial charge in [-0.3, -0.25) is 4.57 Å². The molecule has 2 N–H and O–H groups in total. The molecule has 0 amide bonds. The molecule has 0 heterocycles. The second-order valence-corrected chi connectivity index (χ2v) is 3.35. The predicted octanol–water partition coefficient (Wildman–Crippen LogP) is 1.48. The van der Waals surface area contributed by atoms with Gasteiger partial charge in [-0.1, -0.05) is 12.5 Å². The Labute approximate surface area is 54.6 Å². The zero-order chi connectivity index (χ0) is 7.49. The van der Waals surface area contributed by atoms with Crippen LogP contribution in [0.5, 0.6) is 0 Å². The average molecular weight is 150 g/mol. The summed E-state index contributed by atoms with van der Waals surface area (Å²) in [7, 11) is -3.90. The lowest BCUT2D eigenvalue weighted by Gasteiger charge is -1.96.